The van der Waals surface area contributed by atoms with Crippen molar-refractivity contribution >= 4 is 27.5 Å². The zero-order valence-electron chi connectivity index (χ0n) is 11.7. The molecule has 0 fully saturated rings. The monoisotopic (exact) mass is 291 g/mol. The van der Waals surface area contributed by atoms with Crippen molar-refractivity contribution in [2.45, 2.75) is 46.0 Å². The summed E-state index contributed by atoms with van der Waals surface area (Å²) in [6.07, 6.45) is 5.48. The predicted molar refractivity (Wildman–Crippen MR) is 79.9 cm³/mol. The van der Waals surface area contributed by atoms with Gasteiger partial charge >= 0.3 is 0 Å². The molecule has 1 N–H and O–H groups in total. The Hall–Kier alpha value is -1.69. The van der Waals surface area contributed by atoms with Gasteiger partial charge in [-0.3, -0.25) is 15.0 Å². The molecule has 6 heteroatoms. The number of hydrogen-bond donors (Lipinski definition) is 1. The summed E-state index contributed by atoms with van der Waals surface area (Å²) < 4.78 is 1.27. The fraction of sp³-hybridized carbons (Fsp3) is 0.500. The molecule has 0 atom stereocenters. The van der Waals surface area contributed by atoms with Crippen LogP contribution in [-0.4, -0.2) is 15.6 Å². The molecule has 1 aliphatic rings. The van der Waals surface area contributed by atoms with Gasteiger partial charge in [-0.05, 0) is 38.2 Å². The summed E-state index contributed by atoms with van der Waals surface area (Å²) in [6.45, 7) is 3.13. The van der Waals surface area contributed by atoms with Crippen LogP contribution in [0.15, 0.2) is 4.79 Å². The Bertz CT molecular complexity index is 745. The highest BCUT2D eigenvalue weighted by Gasteiger charge is 2.20. The summed E-state index contributed by atoms with van der Waals surface area (Å²) >= 11 is 1.63. The van der Waals surface area contributed by atoms with E-state index in [4.69, 9.17) is 0 Å². The van der Waals surface area contributed by atoms with Gasteiger partial charge < -0.3 is 0 Å². The first-order valence-electron chi connectivity index (χ1n) is 6.89. The summed E-state index contributed by atoms with van der Waals surface area (Å²) in [5.74, 6) is 0.256. The number of thiophene rings is 1. The van der Waals surface area contributed by atoms with E-state index >= 15 is 0 Å². The van der Waals surface area contributed by atoms with Crippen LogP contribution in [0, 0.1) is 6.92 Å². The minimum atomic E-state index is -0.266. The molecule has 5 nitrogen and oxygen atoms in total. The quantitative estimate of drug-likeness (QED) is 0.819. The smallest absolute Gasteiger partial charge is 0.274 e. The van der Waals surface area contributed by atoms with Crippen LogP contribution < -0.4 is 11.0 Å². The van der Waals surface area contributed by atoms with Crippen LogP contribution in [0.5, 0.6) is 0 Å². The molecule has 20 heavy (non-hydrogen) atoms. The van der Waals surface area contributed by atoms with Crippen molar-refractivity contribution in [2.75, 3.05) is 5.43 Å². The van der Waals surface area contributed by atoms with Gasteiger partial charge in [0.2, 0.25) is 5.91 Å². The van der Waals surface area contributed by atoms with Gasteiger partial charge in [0.25, 0.3) is 5.56 Å². The molecular weight excluding hydrogens is 274 g/mol. The van der Waals surface area contributed by atoms with E-state index in [2.05, 4.69) is 10.4 Å². The van der Waals surface area contributed by atoms with Crippen molar-refractivity contribution in [1.29, 1.82) is 0 Å². The lowest BCUT2D eigenvalue weighted by atomic mass is 10.1. The van der Waals surface area contributed by atoms with E-state index in [9.17, 15) is 9.59 Å². The molecule has 0 unspecified atom stereocenters. The summed E-state index contributed by atoms with van der Waals surface area (Å²) in [5, 5.41) is 0.700. The molecule has 2 aromatic heterocycles. The predicted octanol–water partition coefficient (Wildman–Crippen LogP) is 2.13. The van der Waals surface area contributed by atoms with Crippen molar-refractivity contribution in [2.24, 2.45) is 0 Å². The van der Waals surface area contributed by atoms with Gasteiger partial charge in [-0.1, -0.05) is 6.42 Å². The molecule has 0 radical (unpaired) electrons. The van der Waals surface area contributed by atoms with Crippen LogP contribution >= 0.6 is 11.3 Å². The van der Waals surface area contributed by atoms with Crippen LogP contribution in [0.3, 0.4) is 0 Å². The van der Waals surface area contributed by atoms with Crippen LogP contribution in [0.1, 0.15) is 42.5 Å². The Labute approximate surface area is 120 Å². The van der Waals surface area contributed by atoms with Crippen molar-refractivity contribution in [3.63, 3.8) is 0 Å². The zero-order chi connectivity index (χ0) is 14.3. The molecule has 2 heterocycles. The molecular formula is C14H17N3O2S. The van der Waals surface area contributed by atoms with Crippen LogP contribution in [0.2, 0.25) is 0 Å². The molecule has 2 aromatic rings. The van der Waals surface area contributed by atoms with Gasteiger partial charge in [-0.15, -0.1) is 11.3 Å². The number of aryl methyl sites for hydroxylation is 3. The Morgan fingerprint density at radius 3 is 2.80 bits per heavy atom. The Morgan fingerprint density at radius 1 is 1.30 bits per heavy atom. The van der Waals surface area contributed by atoms with Crippen molar-refractivity contribution < 1.29 is 4.79 Å². The normalized spacial score (nSPS) is 14.9. The highest BCUT2D eigenvalue weighted by Crippen LogP contribution is 2.32. The highest BCUT2D eigenvalue weighted by molar-refractivity contribution is 7.18. The Balaban J connectivity index is 2.27. The average Bonchev–Trinajstić information content (AvgIpc) is 2.56. The van der Waals surface area contributed by atoms with Crippen molar-refractivity contribution in [1.82, 2.24) is 9.66 Å². The fourth-order valence-corrected chi connectivity index (χ4v) is 4.07. The highest BCUT2D eigenvalue weighted by atomic mass is 32.1. The second kappa shape index (κ2) is 5.01. The minimum Gasteiger partial charge on any atom is -0.274 e. The molecule has 0 saturated heterocycles. The summed E-state index contributed by atoms with van der Waals surface area (Å²) in [5.41, 5.74) is 3.55. The fourth-order valence-electron chi connectivity index (χ4n) is 2.77. The van der Waals surface area contributed by atoms with E-state index < -0.39 is 0 Å². The van der Waals surface area contributed by atoms with Crippen LogP contribution in [0.25, 0.3) is 10.2 Å². The van der Waals surface area contributed by atoms with E-state index in [-0.39, 0.29) is 11.5 Å². The molecule has 0 bridgehead atoms. The van der Waals surface area contributed by atoms with Crippen LogP contribution in [-0.2, 0) is 17.6 Å². The topological polar surface area (TPSA) is 64.0 Å². The van der Waals surface area contributed by atoms with Gasteiger partial charge in [0, 0.05) is 11.8 Å². The molecule has 0 aromatic carbocycles. The number of rotatable bonds is 1. The number of aromatic nitrogens is 2. The lowest BCUT2D eigenvalue weighted by Crippen LogP contribution is -2.34. The summed E-state index contributed by atoms with van der Waals surface area (Å²) in [6, 6.07) is 0. The van der Waals surface area contributed by atoms with Crippen molar-refractivity contribution in [3.8, 4) is 0 Å². The van der Waals surface area contributed by atoms with E-state index in [0.717, 1.165) is 29.7 Å². The third kappa shape index (κ3) is 2.14. The van der Waals surface area contributed by atoms with E-state index in [1.54, 1.807) is 18.3 Å². The maximum Gasteiger partial charge on any atom is 0.281 e. The number of nitrogens with one attached hydrogen (secondary N) is 1. The molecule has 0 saturated carbocycles. The molecule has 106 valence electrons. The molecule has 3 rings (SSSR count). The van der Waals surface area contributed by atoms with Gasteiger partial charge in [-0.25, -0.2) is 9.66 Å². The largest absolute Gasteiger partial charge is 0.281 e. The second-order valence-electron chi connectivity index (χ2n) is 5.21. The molecule has 1 aliphatic carbocycles. The number of carbonyl (C=O) groups is 1. The van der Waals surface area contributed by atoms with Crippen LogP contribution in [0.4, 0.5) is 0 Å². The third-order valence-corrected chi connectivity index (χ3v) is 4.86. The SMILES string of the molecule is CC(=O)Nn1c(C)nc2sc3c(c2c1=O)CCCCC3. The first-order chi connectivity index (χ1) is 9.58. The van der Waals surface area contributed by atoms with E-state index in [1.165, 1.54) is 29.3 Å². The van der Waals surface area contributed by atoms with Crippen molar-refractivity contribution in [3.05, 3.63) is 26.6 Å². The van der Waals surface area contributed by atoms with Gasteiger partial charge in [-0.2, -0.15) is 0 Å². The van der Waals surface area contributed by atoms with E-state index in [1.807, 2.05) is 0 Å². The minimum absolute atomic E-state index is 0.151. The lowest BCUT2D eigenvalue weighted by Gasteiger charge is -2.09. The number of nitrogens with zero attached hydrogens (tertiary/aromatic N) is 2. The maximum absolute atomic E-state index is 12.6. The number of amides is 1. The van der Waals surface area contributed by atoms with Gasteiger partial charge in [0.05, 0.1) is 5.39 Å². The summed E-state index contributed by atoms with van der Waals surface area (Å²) in [4.78, 5) is 30.5. The van der Waals surface area contributed by atoms with E-state index in [0.29, 0.717) is 11.2 Å². The standard InChI is InChI=1S/C14H17N3O2S/c1-8-15-13-12(14(19)17(8)16-9(2)18)10-6-4-3-5-7-11(10)20-13/h3-7H2,1-2H3,(H,16,18). The Morgan fingerprint density at radius 2 is 2.05 bits per heavy atom. The molecule has 0 aliphatic heterocycles. The second-order valence-corrected chi connectivity index (χ2v) is 6.30. The Kier molecular flexibility index (Phi) is 3.33. The third-order valence-electron chi connectivity index (χ3n) is 3.68. The molecule has 1 amide bonds. The molecule has 0 spiro atoms. The first-order valence-corrected chi connectivity index (χ1v) is 7.71. The lowest BCUT2D eigenvalue weighted by molar-refractivity contribution is -0.115. The summed E-state index contributed by atoms with van der Waals surface area (Å²) in [7, 11) is 0. The van der Waals surface area contributed by atoms with Gasteiger partial charge in [0.1, 0.15) is 10.7 Å². The van der Waals surface area contributed by atoms with Gasteiger partial charge in [0.15, 0.2) is 0 Å². The average molecular weight is 291 g/mol. The number of fused-ring (bicyclic) bond motifs is 3. The zero-order valence-corrected chi connectivity index (χ0v) is 12.5. The first kappa shape index (κ1) is 13.3. The number of carbonyl (C=O) groups excluding carboxylic acids is 1. The maximum atomic E-state index is 12.6. The number of hydrogen-bond acceptors (Lipinski definition) is 4.